The third kappa shape index (κ3) is 4.23. The lowest BCUT2D eigenvalue weighted by Crippen LogP contribution is -2.31. The van der Waals surface area contributed by atoms with Crippen LogP contribution in [0.3, 0.4) is 0 Å². The molecule has 1 N–H and O–H groups in total. The van der Waals surface area contributed by atoms with Crippen molar-refractivity contribution in [3.8, 4) is 11.3 Å². The number of hydrogen-bond donors (Lipinski definition) is 1. The Labute approximate surface area is 186 Å². The lowest BCUT2D eigenvalue weighted by atomic mass is 10.1. The van der Waals surface area contributed by atoms with Gasteiger partial charge >= 0.3 is 5.97 Å². The van der Waals surface area contributed by atoms with E-state index in [1.165, 1.54) is 4.57 Å². The first-order valence-electron chi connectivity index (χ1n) is 10.8. The Kier molecular flexibility index (Phi) is 5.74. The van der Waals surface area contributed by atoms with Crippen molar-refractivity contribution in [2.45, 2.75) is 46.3 Å². The zero-order valence-electron chi connectivity index (χ0n) is 18.9. The van der Waals surface area contributed by atoms with Gasteiger partial charge in [0.2, 0.25) is 0 Å². The number of nitrogens with zero attached hydrogens (tertiary/aromatic N) is 3. The summed E-state index contributed by atoms with van der Waals surface area (Å²) in [5, 5.41) is 0.916. The molecule has 0 radical (unpaired) electrons. The van der Waals surface area contributed by atoms with Crippen molar-refractivity contribution in [3.05, 3.63) is 65.1 Å². The number of carbonyl (C=O) groups excluding carboxylic acids is 1. The van der Waals surface area contributed by atoms with E-state index in [2.05, 4.69) is 12.3 Å². The zero-order chi connectivity index (χ0) is 22.9. The standard InChI is InChI=1S/C25H28N4O3/c1-5-14-26-29-15-18(17-10-6-8-12-20(17)29)23-24(31)28(16-22(30)32-25(2,3)4)21-13-9-7-11-19(21)27-23/h6-13,15,26H,5,14,16H2,1-4H3. The number of fused-ring (bicyclic) bond motifs is 2. The van der Waals surface area contributed by atoms with Crippen LogP contribution in [-0.2, 0) is 16.1 Å². The summed E-state index contributed by atoms with van der Waals surface area (Å²) in [5.74, 6) is -0.464. The Hall–Kier alpha value is -3.61. The van der Waals surface area contributed by atoms with Gasteiger partial charge in [-0.05, 0) is 45.4 Å². The van der Waals surface area contributed by atoms with Crippen LogP contribution in [0.15, 0.2) is 59.5 Å². The summed E-state index contributed by atoms with van der Waals surface area (Å²) in [7, 11) is 0. The second-order valence-corrected chi connectivity index (χ2v) is 8.76. The number of ether oxygens (including phenoxy) is 1. The van der Waals surface area contributed by atoms with E-state index >= 15 is 0 Å². The molecule has 7 nitrogen and oxygen atoms in total. The van der Waals surface area contributed by atoms with E-state index in [0.717, 1.165) is 29.4 Å². The monoisotopic (exact) mass is 432 g/mol. The molecule has 0 aliphatic rings. The van der Waals surface area contributed by atoms with Crippen LogP contribution in [0.1, 0.15) is 34.1 Å². The minimum Gasteiger partial charge on any atom is -0.459 e. The van der Waals surface area contributed by atoms with Gasteiger partial charge in [-0.2, -0.15) is 0 Å². The Bertz CT molecular complexity index is 1350. The maximum Gasteiger partial charge on any atom is 0.326 e. The van der Waals surface area contributed by atoms with Gasteiger partial charge in [-0.25, -0.2) is 4.98 Å². The van der Waals surface area contributed by atoms with Gasteiger partial charge in [0.25, 0.3) is 5.56 Å². The summed E-state index contributed by atoms with van der Waals surface area (Å²) >= 11 is 0. The number of benzene rings is 2. The van der Waals surface area contributed by atoms with E-state index in [4.69, 9.17) is 9.72 Å². The number of esters is 1. The fourth-order valence-electron chi connectivity index (χ4n) is 3.76. The molecule has 0 unspecified atom stereocenters. The van der Waals surface area contributed by atoms with E-state index in [1.54, 1.807) is 6.07 Å². The summed E-state index contributed by atoms with van der Waals surface area (Å²) in [6.07, 6.45) is 2.87. The van der Waals surface area contributed by atoms with E-state index in [1.807, 2.05) is 74.1 Å². The van der Waals surface area contributed by atoms with Crippen LogP contribution >= 0.6 is 0 Å². The second-order valence-electron chi connectivity index (χ2n) is 8.76. The number of hydrogen-bond acceptors (Lipinski definition) is 5. The summed E-state index contributed by atoms with van der Waals surface area (Å²) in [4.78, 5) is 30.9. The highest BCUT2D eigenvalue weighted by molar-refractivity contribution is 5.96. The Balaban J connectivity index is 1.90. The van der Waals surface area contributed by atoms with Crippen LogP contribution in [0.25, 0.3) is 33.2 Å². The van der Waals surface area contributed by atoms with Crippen molar-refractivity contribution >= 4 is 27.9 Å². The molecule has 4 aromatic rings. The highest BCUT2D eigenvalue weighted by Gasteiger charge is 2.21. The van der Waals surface area contributed by atoms with Crippen molar-refractivity contribution in [2.24, 2.45) is 0 Å². The quantitative estimate of drug-likeness (QED) is 0.459. The molecule has 0 spiro atoms. The number of carbonyl (C=O) groups is 1. The number of nitrogens with one attached hydrogen (secondary N) is 1. The summed E-state index contributed by atoms with van der Waals surface area (Å²) in [5.41, 5.74) is 5.63. The maximum atomic E-state index is 13.6. The molecule has 166 valence electrons. The van der Waals surface area contributed by atoms with Crippen LogP contribution in [0.2, 0.25) is 0 Å². The lowest BCUT2D eigenvalue weighted by molar-refractivity contribution is -0.155. The van der Waals surface area contributed by atoms with Crippen LogP contribution in [-0.4, -0.2) is 32.3 Å². The molecule has 0 bridgehead atoms. The average Bonchev–Trinajstić information content (AvgIpc) is 3.11. The summed E-state index contributed by atoms with van der Waals surface area (Å²) < 4.78 is 8.87. The molecular weight excluding hydrogens is 404 g/mol. The van der Waals surface area contributed by atoms with E-state index < -0.39 is 11.6 Å². The van der Waals surface area contributed by atoms with Gasteiger partial charge < -0.3 is 10.2 Å². The predicted octanol–water partition coefficient (Wildman–Crippen LogP) is 4.31. The third-order valence-electron chi connectivity index (χ3n) is 5.06. The molecule has 0 amide bonds. The Morgan fingerprint density at radius 2 is 1.75 bits per heavy atom. The SMILES string of the molecule is CCCNn1cc(-c2nc3ccccc3n(CC(=O)OC(C)(C)C)c2=O)c2ccccc21. The van der Waals surface area contributed by atoms with Crippen LogP contribution in [0.5, 0.6) is 0 Å². The number of aromatic nitrogens is 3. The number of rotatable bonds is 6. The van der Waals surface area contributed by atoms with Gasteiger partial charge in [0.05, 0.1) is 16.6 Å². The van der Waals surface area contributed by atoms with E-state index in [0.29, 0.717) is 16.7 Å². The zero-order valence-corrected chi connectivity index (χ0v) is 18.9. The molecule has 4 rings (SSSR count). The van der Waals surface area contributed by atoms with Gasteiger partial charge in [-0.3, -0.25) is 18.8 Å². The molecular formula is C25H28N4O3. The normalized spacial score (nSPS) is 11.8. The van der Waals surface area contributed by atoms with Gasteiger partial charge in [-0.15, -0.1) is 0 Å². The lowest BCUT2D eigenvalue weighted by Gasteiger charge is -2.20. The smallest absolute Gasteiger partial charge is 0.326 e. The van der Waals surface area contributed by atoms with Crippen LogP contribution in [0, 0.1) is 0 Å². The molecule has 2 aromatic heterocycles. The Morgan fingerprint density at radius 3 is 2.47 bits per heavy atom. The Morgan fingerprint density at radius 1 is 1.06 bits per heavy atom. The molecule has 0 aliphatic carbocycles. The fourth-order valence-corrected chi connectivity index (χ4v) is 3.76. The molecule has 0 saturated carbocycles. The molecule has 7 heteroatoms. The van der Waals surface area contributed by atoms with Crippen molar-refractivity contribution in [1.29, 1.82) is 0 Å². The minimum atomic E-state index is -0.634. The predicted molar refractivity (Wildman–Crippen MR) is 127 cm³/mol. The van der Waals surface area contributed by atoms with E-state index in [9.17, 15) is 9.59 Å². The molecule has 0 atom stereocenters. The average molecular weight is 433 g/mol. The summed E-state index contributed by atoms with van der Waals surface area (Å²) in [6.45, 7) is 8.14. The molecule has 0 aliphatic heterocycles. The van der Waals surface area contributed by atoms with Gasteiger partial charge in [0, 0.05) is 23.7 Å². The second kappa shape index (κ2) is 8.49. The molecule has 0 saturated heterocycles. The topological polar surface area (TPSA) is 78.2 Å². The minimum absolute atomic E-state index is 0.182. The number of para-hydroxylation sites is 3. The van der Waals surface area contributed by atoms with Gasteiger partial charge in [-0.1, -0.05) is 37.3 Å². The van der Waals surface area contributed by atoms with Gasteiger partial charge in [0.15, 0.2) is 0 Å². The van der Waals surface area contributed by atoms with Crippen molar-refractivity contribution in [2.75, 3.05) is 12.0 Å². The van der Waals surface area contributed by atoms with E-state index in [-0.39, 0.29) is 12.1 Å². The van der Waals surface area contributed by atoms with Gasteiger partial charge in [0.1, 0.15) is 17.8 Å². The molecule has 2 aromatic carbocycles. The largest absolute Gasteiger partial charge is 0.459 e. The summed E-state index contributed by atoms with van der Waals surface area (Å²) in [6, 6.07) is 15.2. The third-order valence-corrected chi connectivity index (χ3v) is 5.06. The van der Waals surface area contributed by atoms with Crippen molar-refractivity contribution in [1.82, 2.24) is 14.2 Å². The first-order valence-corrected chi connectivity index (χ1v) is 10.8. The first kappa shape index (κ1) is 21.6. The molecule has 0 fully saturated rings. The fraction of sp³-hybridized carbons (Fsp3) is 0.320. The van der Waals surface area contributed by atoms with Crippen molar-refractivity contribution < 1.29 is 9.53 Å². The molecule has 32 heavy (non-hydrogen) atoms. The maximum absolute atomic E-state index is 13.6. The van der Waals surface area contributed by atoms with Crippen LogP contribution in [0.4, 0.5) is 0 Å². The molecule has 2 heterocycles. The first-order chi connectivity index (χ1) is 15.3. The highest BCUT2D eigenvalue weighted by atomic mass is 16.6. The van der Waals surface area contributed by atoms with Crippen LogP contribution < -0.4 is 11.0 Å². The van der Waals surface area contributed by atoms with Crippen molar-refractivity contribution in [3.63, 3.8) is 0 Å². The highest BCUT2D eigenvalue weighted by Crippen LogP contribution is 2.28.